The number of alkyl halides is 2. The van der Waals surface area contributed by atoms with Gasteiger partial charge in [-0.05, 0) is 50.5 Å². The Morgan fingerprint density at radius 2 is 2.06 bits per heavy atom. The van der Waals surface area contributed by atoms with Crippen LogP contribution in [-0.4, -0.2) is 28.3 Å². The van der Waals surface area contributed by atoms with Crippen molar-refractivity contribution >= 4 is 39.8 Å². The van der Waals surface area contributed by atoms with Crippen LogP contribution in [0, 0.1) is 0 Å². The molecule has 0 spiro atoms. The summed E-state index contributed by atoms with van der Waals surface area (Å²) in [7, 11) is 0. The van der Waals surface area contributed by atoms with Crippen molar-refractivity contribution in [3.63, 3.8) is 0 Å². The van der Waals surface area contributed by atoms with E-state index in [2.05, 4.69) is 10.4 Å². The molecule has 1 saturated carbocycles. The van der Waals surface area contributed by atoms with Crippen molar-refractivity contribution in [2.45, 2.75) is 70.8 Å². The van der Waals surface area contributed by atoms with Crippen molar-refractivity contribution in [2.24, 2.45) is 0 Å². The Kier molecular flexibility index (Phi) is 6.62. The molecule has 6 nitrogen and oxygen atoms in total. The molecule has 0 unspecified atom stereocenters. The Labute approximate surface area is 187 Å². The number of hydrogen-bond acceptors (Lipinski definition) is 5. The molecule has 0 aliphatic heterocycles. The number of aryl methyl sites for hydroxylation is 1. The molecule has 168 valence electrons. The highest BCUT2D eigenvalue weighted by molar-refractivity contribution is 7.17. The maximum Gasteiger partial charge on any atom is 0.341 e. The highest BCUT2D eigenvalue weighted by Crippen LogP contribution is 2.45. The van der Waals surface area contributed by atoms with Crippen LogP contribution in [0.3, 0.4) is 0 Å². The quantitative estimate of drug-likeness (QED) is 0.516. The van der Waals surface area contributed by atoms with E-state index in [1.54, 1.807) is 0 Å². The molecule has 2 aromatic rings. The van der Waals surface area contributed by atoms with Crippen LogP contribution in [0.2, 0.25) is 5.02 Å². The third kappa shape index (κ3) is 4.62. The van der Waals surface area contributed by atoms with Crippen molar-refractivity contribution in [3.8, 4) is 0 Å². The summed E-state index contributed by atoms with van der Waals surface area (Å²) in [6, 6.07) is 0. The van der Waals surface area contributed by atoms with Crippen LogP contribution in [0.4, 0.5) is 13.8 Å². The van der Waals surface area contributed by atoms with E-state index in [1.807, 2.05) is 6.92 Å². The molecule has 31 heavy (non-hydrogen) atoms. The molecule has 1 amide bonds. The summed E-state index contributed by atoms with van der Waals surface area (Å²) in [6.07, 6.45) is 3.23. The molecule has 10 heteroatoms. The molecule has 0 bridgehead atoms. The molecular weight excluding hydrogens is 448 g/mol. The number of amides is 1. The van der Waals surface area contributed by atoms with E-state index >= 15 is 0 Å². The lowest BCUT2D eigenvalue weighted by Gasteiger charge is -2.13. The minimum atomic E-state index is -2.81. The molecule has 2 aliphatic rings. The summed E-state index contributed by atoms with van der Waals surface area (Å²) in [6.45, 7) is 1.98. The molecule has 0 atom stereocenters. The van der Waals surface area contributed by atoms with Crippen molar-refractivity contribution in [1.82, 2.24) is 9.78 Å². The summed E-state index contributed by atoms with van der Waals surface area (Å²) in [5, 5.41) is 7.11. The van der Waals surface area contributed by atoms with E-state index in [1.165, 1.54) is 16.0 Å². The number of halogens is 3. The van der Waals surface area contributed by atoms with Gasteiger partial charge >= 0.3 is 5.97 Å². The van der Waals surface area contributed by atoms with Gasteiger partial charge in [-0.2, -0.15) is 5.10 Å². The smallest absolute Gasteiger partial charge is 0.341 e. The number of nitrogens with zero attached hydrogens (tertiary/aromatic N) is 2. The van der Waals surface area contributed by atoms with Crippen molar-refractivity contribution in [2.75, 3.05) is 11.9 Å². The van der Waals surface area contributed by atoms with Gasteiger partial charge in [-0.3, -0.25) is 9.48 Å². The summed E-state index contributed by atoms with van der Waals surface area (Å²) in [4.78, 5) is 26.6. The van der Waals surface area contributed by atoms with Gasteiger partial charge in [0.1, 0.15) is 17.2 Å². The van der Waals surface area contributed by atoms with Crippen molar-refractivity contribution < 1.29 is 23.1 Å². The van der Waals surface area contributed by atoms with Crippen molar-refractivity contribution in [3.05, 3.63) is 32.4 Å². The van der Waals surface area contributed by atoms with E-state index < -0.39 is 24.0 Å². The molecule has 1 fully saturated rings. The lowest BCUT2D eigenvalue weighted by atomic mass is 9.95. The van der Waals surface area contributed by atoms with Gasteiger partial charge in [0.05, 0.1) is 22.9 Å². The number of carbonyl (C=O) groups excluding carboxylic acids is 2. The zero-order chi connectivity index (χ0) is 22.1. The second-order valence-corrected chi connectivity index (χ2v) is 9.40. The number of fused-ring (bicyclic) bond motifs is 1. The first-order chi connectivity index (χ1) is 14.9. The Morgan fingerprint density at radius 3 is 2.74 bits per heavy atom. The molecule has 0 aromatic carbocycles. The van der Waals surface area contributed by atoms with E-state index in [9.17, 15) is 18.4 Å². The zero-order valence-corrected chi connectivity index (χ0v) is 18.8. The highest BCUT2D eigenvalue weighted by Gasteiger charge is 2.35. The Hall–Kier alpha value is -2.00. The lowest BCUT2D eigenvalue weighted by Crippen LogP contribution is -2.22. The second-order valence-electron chi connectivity index (χ2n) is 7.92. The number of aromatic nitrogens is 2. The molecular formula is C21H24ClF2N3O3S. The van der Waals surface area contributed by atoms with Crippen LogP contribution in [0.25, 0.3) is 0 Å². The van der Waals surface area contributed by atoms with E-state index in [0.29, 0.717) is 29.3 Å². The number of esters is 1. The van der Waals surface area contributed by atoms with Crippen LogP contribution < -0.4 is 5.32 Å². The van der Waals surface area contributed by atoms with Gasteiger partial charge in [0.2, 0.25) is 5.91 Å². The predicted molar refractivity (Wildman–Crippen MR) is 114 cm³/mol. The van der Waals surface area contributed by atoms with E-state index in [0.717, 1.165) is 49.0 Å². The topological polar surface area (TPSA) is 73.2 Å². The monoisotopic (exact) mass is 471 g/mol. The first-order valence-electron chi connectivity index (χ1n) is 10.6. The third-order valence-electron chi connectivity index (χ3n) is 5.49. The molecule has 2 aliphatic carbocycles. The number of nitrogens with one attached hydrogen (secondary N) is 1. The molecule has 2 heterocycles. The van der Waals surface area contributed by atoms with E-state index in [4.69, 9.17) is 16.3 Å². The number of hydrogen-bond donors (Lipinski definition) is 1. The third-order valence-corrected chi connectivity index (χ3v) is 7.08. The van der Waals surface area contributed by atoms with Crippen LogP contribution in [0.15, 0.2) is 0 Å². The maximum absolute atomic E-state index is 13.3. The summed E-state index contributed by atoms with van der Waals surface area (Å²) < 4.78 is 33.1. The molecule has 1 N–H and O–H groups in total. The summed E-state index contributed by atoms with van der Waals surface area (Å²) in [5.74, 6) is -0.823. The lowest BCUT2D eigenvalue weighted by molar-refractivity contribution is -0.116. The minimum Gasteiger partial charge on any atom is -0.462 e. The summed E-state index contributed by atoms with van der Waals surface area (Å²) in [5.41, 5.74) is 1.37. The average molecular weight is 472 g/mol. The maximum atomic E-state index is 13.3. The first-order valence-corrected chi connectivity index (χ1v) is 11.8. The normalized spacial score (nSPS) is 15.8. The van der Waals surface area contributed by atoms with Crippen LogP contribution in [0.1, 0.15) is 83.6 Å². The fourth-order valence-corrected chi connectivity index (χ4v) is 5.58. The van der Waals surface area contributed by atoms with Gasteiger partial charge < -0.3 is 10.1 Å². The zero-order valence-electron chi connectivity index (χ0n) is 17.2. The van der Waals surface area contributed by atoms with Crippen molar-refractivity contribution in [1.29, 1.82) is 0 Å². The highest BCUT2D eigenvalue weighted by atomic mass is 35.5. The molecule has 0 radical (unpaired) electrons. The van der Waals surface area contributed by atoms with Gasteiger partial charge in [-0.25, -0.2) is 13.6 Å². The first kappa shape index (κ1) is 22.2. The van der Waals surface area contributed by atoms with Crippen LogP contribution >= 0.6 is 22.9 Å². The Bertz CT molecular complexity index is 1000. The average Bonchev–Trinajstić information content (AvgIpc) is 3.41. The number of thiophene rings is 1. The predicted octanol–water partition coefficient (Wildman–Crippen LogP) is 5.50. The van der Waals surface area contributed by atoms with Gasteiger partial charge in [0, 0.05) is 10.8 Å². The minimum absolute atomic E-state index is 0.0499. The SMILES string of the molecule is CCCOC(=O)c1c(NC(=O)Cn2nc(C(F)F)c(Cl)c2C2CC2)sc2c1CCCC2. The Balaban J connectivity index is 1.57. The molecule has 0 saturated heterocycles. The molecule has 4 rings (SSSR count). The van der Waals surface area contributed by atoms with Gasteiger partial charge in [0.15, 0.2) is 0 Å². The number of carbonyl (C=O) groups is 2. The number of rotatable bonds is 8. The second kappa shape index (κ2) is 9.24. The van der Waals surface area contributed by atoms with Crippen LogP contribution in [0.5, 0.6) is 0 Å². The fourth-order valence-electron chi connectivity index (χ4n) is 3.92. The molecule has 2 aromatic heterocycles. The van der Waals surface area contributed by atoms with Gasteiger partial charge in [-0.1, -0.05) is 18.5 Å². The van der Waals surface area contributed by atoms with Gasteiger partial charge in [-0.15, -0.1) is 11.3 Å². The summed E-state index contributed by atoms with van der Waals surface area (Å²) >= 11 is 7.52. The number of ether oxygens (including phenoxy) is 1. The van der Waals surface area contributed by atoms with Gasteiger partial charge in [0.25, 0.3) is 6.43 Å². The van der Waals surface area contributed by atoms with E-state index in [-0.39, 0.29) is 17.5 Å². The fraction of sp³-hybridized carbons (Fsp3) is 0.571. The largest absolute Gasteiger partial charge is 0.462 e. The standard InChI is InChI=1S/C21H24ClF2N3O3S/c1-2-9-30-21(29)15-12-5-3-4-6-13(12)31-20(15)25-14(28)10-27-18(11-7-8-11)16(22)17(26-27)19(23)24/h11,19H,2-10H2,1H3,(H,25,28). The Morgan fingerprint density at radius 1 is 1.32 bits per heavy atom. The number of anilines is 1. The van der Waals surface area contributed by atoms with Crippen LogP contribution in [-0.2, 0) is 28.9 Å².